The first-order valence-corrected chi connectivity index (χ1v) is 8.31. The van der Waals surface area contributed by atoms with Gasteiger partial charge in [0.05, 0.1) is 0 Å². The maximum atomic E-state index is 12.3. The number of sulfonamides is 1. The van der Waals surface area contributed by atoms with Crippen LogP contribution in [0.15, 0.2) is 46.2 Å². The standard InChI is InChI=1S/C12H14BrN5O2S/c13-10-7-11(12(18-14)16-8-10)21(19,20)17-6-3-9-1-4-15-5-2-9/h1-2,4-5,7-8,17H,3,6,14H2,(H,16,18). The Hall–Kier alpha value is -1.55. The maximum absolute atomic E-state index is 12.3. The molecule has 112 valence electrons. The van der Waals surface area contributed by atoms with Crippen molar-refractivity contribution in [2.24, 2.45) is 5.84 Å². The van der Waals surface area contributed by atoms with E-state index < -0.39 is 10.0 Å². The lowest BCUT2D eigenvalue weighted by Crippen LogP contribution is -2.27. The number of hydrazine groups is 1. The van der Waals surface area contributed by atoms with Gasteiger partial charge < -0.3 is 5.43 Å². The van der Waals surface area contributed by atoms with E-state index in [1.165, 1.54) is 12.3 Å². The van der Waals surface area contributed by atoms with E-state index in [4.69, 9.17) is 5.84 Å². The number of nitrogens with one attached hydrogen (secondary N) is 2. The summed E-state index contributed by atoms with van der Waals surface area (Å²) < 4.78 is 27.6. The summed E-state index contributed by atoms with van der Waals surface area (Å²) in [6.45, 7) is 0.267. The molecule has 0 aliphatic carbocycles. The number of hydrogen-bond acceptors (Lipinski definition) is 6. The molecule has 21 heavy (non-hydrogen) atoms. The smallest absolute Gasteiger partial charge is 0.244 e. The van der Waals surface area contributed by atoms with Crippen LogP contribution in [0, 0.1) is 0 Å². The van der Waals surface area contributed by atoms with E-state index >= 15 is 0 Å². The highest BCUT2D eigenvalue weighted by Gasteiger charge is 2.19. The van der Waals surface area contributed by atoms with Crippen LogP contribution in [0.25, 0.3) is 0 Å². The molecule has 0 aliphatic rings. The van der Waals surface area contributed by atoms with Crippen molar-refractivity contribution >= 4 is 31.8 Å². The van der Waals surface area contributed by atoms with Gasteiger partial charge in [0.25, 0.3) is 0 Å². The molecule has 0 spiro atoms. The summed E-state index contributed by atoms with van der Waals surface area (Å²) in [5, 5.41) is 0. The zero-order valence-corrected chi connectivity index (χ0v) is 13.4. The fourth-order valence-corrected chi connectivity index (χ4v) is 3.35. The summed E-state index contributed by atoms with van der Waals surface area (Å²) in [4.78, 5) is 7.82. The van der Waals surface area contributed by atoms with Gasteiger partial charge in [0.2, 0.25) is 10.0 Å². The lowest BCUT2D eigenvalue weighted by molar-refractivity contribution is 0.581. The molecular formula is C12H14BrN5O2S. The van der Waals surface area contributed by atoms with E-state index in [1.54, 1.807) is 12.4 Å². The molecule has 0 fully saturated rings. The number of anilines is 1. The topological polar surface area (TPSA) is 110 Å². The summed E-state index contributed by atoms with van der Waals surface area (Å²) in [7, 11) is -3.70. The first-order valence-electron chi connectivity index (χ1n) is 6.03. The SMILES string of the molecule is NNc1ncc(Br)cc1S(=O)(=O)NCCc1ccncc1. The van der Waals surface area contributed by atoms with Crippen LogP contribution in [0.3, 0.4) is 0 Å². The zero-order chi connectivity index (χ0) is 15.3. The fourth-order valence-electron chi connectivity index (χ4n) is 1.69. The van der Waals surface area contributed by atoms with Crippen LogP contribution in [0.5, 0.6) is 0 Å². The molecular weight excluding hydrogens is 358 g/mol. The molecule has 2 rings (SSSR count). The summed E-state index contributed by atoms with van der Waals surface area (Å²) >= 11 is 3.19. The minimum atomic E-state index is -3.70. The Balaban J connectivity index is 2.10. The third kappa shape index (κ3) is 4.21. The Labute approximate surface area is 131 Å². The second-order valence-electron chi connectivity index (χ2n) is 4.15. The van der Waals surface area contributed by atoms with Gasteiger partial charge in [-0.1, -0.05) is 0 Å². The lowest BCUT2D eigenvalue weighted by Gasteiger charge is -2.10. The Kier molecular flexibility index (Phi) is 5.23. The Morgan fingerprint density at radius 2 is 2.00 bits per heavy atom. The summed E-state index contributed by atoms with van der Waals surface area (Å²) in [6.07, 6.45) is 5.36. The molecule has 9 heteroatoms. The van der Waals surface area contributed by atoms with Crippen molar-refractivity contribution in [3.63, 3.8) is 0 Å². The Bertz CT molecular complexity index is 709. The number of halogens is 1. The number of nitrogens with zero attached hydrogens (tertiary/aromatic N) is 2. The molecule has 0 aliphatic heterocycles. The van der Waals surface area contributed by atoms with E-state index in [2.05, 4.69) is 36.0 Å². The minimum Gasteiger partial charge on any atom is -0.307 e. The largest absolute Gasteiger partial charge is 0.307 e. The number of aromatic nitrogens is 2. The first kappa shape index (κ1) is 15.8. The quantitative estimate of drug-likeness (QED) is 0.516. The van der Waals surface area contributed by atoms with Gasteiger partial charge in [0.1, 0.15) is 4.90 Å². The molecule has 2 heterocycles. The van der Waals surface area contributed by atoms with Gasteiger partial charge in [0, 0.05) is 29.6 Å². The van der Waals surface area contributed by atoms with Crippen molar-refractivity contribution in [3.05, 3.63) is 46.8 Å². The van der Waals surface area contributed by atoms with Crippen molar-refractivity contribution in [3.8, 4) is 0 Å². The maximum Gasteiger partial charge on any atom is 0.244 e. The second kappa shape index (κ2) is 6.94. The monoisotopic (exact) mass is 371 g/mol. The van der Waals surface area contributed by atoms with E-state index in [1.807, 2.05) is 12.1 Å². The average Bonchev–Trinajstić information content (AvgIpc) is 2.48. The number of nitrogen functional groups attached to an aromatic ring is 1. The third-order valence-corrected chi connectivity index (χ3v) is 4.61. The molecule has 0 aromatic carbocycles. The van der Waals surface area contributed by atoms with Gasteiger partial charge >= 0.3 is 0 Å². The first-order chi connectivity index (χ1) is 10.0. The van der Waals surface area contributed by atoms with Crippen LogP contribution in [-0.2, 0) is 16.4 Å². The summed E-state index contributed by atoms with van der Waals surface area (Å²) in [6, 6.07) is 5.11. The molecule has 0 bridgehead atoms. The van der Waals surface area contributed by atoms with Crippen molar-refractivity contribution in [1.29, 1.82) is 0 Å². The van der Waals surface area contributed by atoms with Crippen molar-refractivity contribution in [2.75, 3.05) is 12.0 Å². The Morgan fingerprint density at radius 3 is 2.67 bits per heavy atom. The highest BCUT2D eigenvalue weighted by atomic mass is 79.9. The number of nitrogens with two attached hydrogens (primary N) is 1. The molecule has 2 aromatic heterocycles. The number of pyridine rings is 2. The van der Waals surface area contributed by atoms with Crippen LogP contribution < -0.4 is 16.0 Å². The van der Waals surface area contributed by atoms with E-state index in [0.717, 1.165) is 5.56 Å². The van der Waals surface area contributed by atoms with E-state index in [9.17, 15) is 8.42 Å². The molecule has 0 unspecified atom stereocenters. The minimum absolute atomic E-state index is 0.00546. The normalized spacial score (nSPS) is 11.3. The predicted octanol–water partition coefficient (Wildman–Crippen LogP) is 1.05. The molecule has 2 aromatic rings. The van der Waals surface area contributed by atoms with Crippen molar-refractivity contribution in [1.82, 2.24) is 14.7 Å². The van der Waals surface area contributed by atoms with Crippen LogP contribution in [-0.4, -0.2) is 24.9 Å². The summed E-state index contributed by atoms with van der Waals surface area (Å²) in [5.41, 5.74) is 3.28. The van der Waals surface area contributed by atoms with E-state index in [-0.39, 0.29) is 17.3 Å². The van der Waals surface area contributed by atoms with Crippen LogP contribution in [0.2, 0.25) is 0 Å². The van der Waals surface area contributed by atoms with Gasteiger partial charge in [-0.05, 0) is 46.1 Å². The highest BCUT2D eigenvalue weighted by Crippen LogP contribution is 2.21. The number of rotatable bonds is 6. The van der Waals surface area contributed by atoms with Crippen molar-refractivity contribution in [2.45, 2.75) is 11.3 Å². The van der Waals surface area contributed by atoms with Crippen LogP contribution in [0.1, 0.15) is 5.56 Å². The van der Waals surface area contributed by atoms with E-state index in [0.29, 0.717) is 10.9 Å². The van der Waals surface area contributed by atoms with Gasteiger partial charge in [-0.2, -0.15) is 0 Å². The van der Waals surface area contributed by atoms with Crippen LogP contribution >= 0.6 is 15.9 Å². The van der Waals surface area contributed by atoms with Gasteiger partial charge in [-0.25, -0.2) is 24.0 Å². The van der Waals surface area contributed by atoms with Crippen molar-refractivity contribution < 1.29 is 8.42 Å². The highest BCUT2D eigenvalue weighted by molar-refractivity contribution is 9.10. The fraction of sp³-hybridized carbons (Fsp3) is 0.167. The zero-order valence-electron chi connectivity index (χ0n) is 11.0. The predicted molar refractivity (Wildman–Crippen MR) is 82.9 cm³/mol. The average molecular weight is 372 g/mol. The molecule has 7 nitrogen and oxygen atoms in total. The molecule has 0 amide bonds. The molecule has 0 saturated carbocycles. The van der Waals surface area contributed by atoms with Gasteiger partial charge in [0.15, 0.2) is 5.82 Å². The summed E-state index contributed by atoms with van der Waals surface area (Å²) in [5.74, 6) is 5.38. The third-order valence-electron chi connectivity index (χ3n) is 2.70. The molecule has 0 radical (unpaired) electrons. The lowest BCUT2D eigenvalue weighted by atomic mass is 10.2. The second-order valence-corrected chi connectivity index (χ2v) is 6.80. The van der Waals surface area contributed by atoms with Gasteiger partial charge in [-0.15, -0.1) is 0 Å². The molecule has 0 saturated heterocycles. The number of hydrogen-bond donors (Lipinski definition) is 3. The molecule has 4 N–H and O–H groups in total. The molecule has 0 atom stereocenters. The Morgan fingerprint density at radius 1 is 1.29 bits per heavy atom. The van der Waals surface area contributed by atoms with Crippen LogP contribution in [0.4, 0.5) is 5.82 Å². The van der Waals surface area contributed by atoms with Gasteiger partial charge in [-0.3, -0.25) is 4.98 Å².